The molecule has 1 amide bonds. The lowest BCUT2D eigenvalue weighted by atomic mass is 10.0. The molecule has 0 aliphatic carbocycles. The Morgan fingerprint density at radius 2 is 2.17 bits per heavy atom. The smallest absolute Gasteiger partial charge is 0.309 e. The van der Waals surface area contributed by atoms with Crippen molar-refractivity contribution in [2.45, 2.75) is 39.7 Å². The third-order valence-electron chi connectivity index (χ3n) is 3.38. The average molecular weight is 256 g/mol. The van der Waals surface area contributed by atoms with Gasteiger partial charge >= 0.3 is 5.97 Å². The Balaban J connectivity index is 2.81. The van der Waals surface area contributed by atoms with Crippen LogP contribution in [0.4, 0.5) is 0 Å². The third kappa shape index (κ3) is 3.70. The molecule has 5 nitrogen and oxygen atoms in total. The van der Waals surface area contributed by atoms with Crippen molar-refractivity contribution < 1.29 is 14.7 Å². The van der Waals surface area contributed by atoms with Crippen molar-refractivity contribution in [2.24, 2.45) is 11.8 Å². The van der Waals surface area contributed by atoms with Gasteiger partial charge in [0, 0.05) is 19.6 Å². The fourth-order valence-corrected chi connectivity index (χ4v) is 2.04. The molecule has 1 atom stereocenters. The zero-order chi connectivity index (χ0) is 13.9. The molecule has 0 aromatic carbocycles. The summed E-state index contributed by atoms with van der Waals surface area (Å²) in [5.41, 5.74) is -0.679. The summed E-state index contributed by atoms with van der Waals surface area (Å²) in [6.07, 6.45) is 0.897. The molecule has 1 saturated heterocycles. The number of hydrogen-bond donors (Lipinski definition) is 2. The maximum atomic E-state index is 12.3. The number of carbonyl (C=O) groups excluding carboxylic acids is 1. The van der Waals surface area contributed by atoms with Crippen molar-refractivity contribution in [3.8, 4) is 0 Å². The van der Waals surface area contributed by atoms with E-state index < -0.39 is 17.4 Å². The Hall–Kier alpha value is -1.10. The first-order chi connectivity index (χ1) is 8.24. The molecule has 0 radical (unpaired) electrons. The second-order valence-corrected chi connectivity index (χ2v) is 5.97. The van der Waals surface area contributed by atoms with Gasteiger partial charge in [-0.2, -0.15) is 0 Å². The summed E-state index contributed by atoms with van der Waals surface area (Å²) in [7, 11) is 0. The molecule has 0 saturated carbocycles. The fourth-order valence-electron chi connectivity index (χ4n) is 2.04. The number of carboxylic acids is 1. The number of carboxylic acid groups (broad SMARTS) is 1. The van der Waals surface area contributed by atoms with Gasteiger partial charge in [0.2, 0.25) is 5.91 Å². The summed E-state index contributed by atoms with van der Waals surface area (Å²) in [5, 5.41) is 12.2. The van der Waals surface area contributed by atoms with Crippen LogP contribution in [-0.4, -0.2) is 47.1 Å². The van der Waals surface area contributed by atoms with Gasteiger partial charge < -0.3 is 15.3 Å². The molecule has 104 valence electrons. The normalized spacial score (nSPS) is 24.2. The van der Waals surface area contributed by atoms with Gasteiger partial charge in [-0.1, -0.05) is 13.8 Å². The lowest BCUT2D eigenvalue weighted by Crippen LogP contribution is -2.51. The molecule has 0 aromatic heterocycles. The van der Waals surface area contributed by atoms with Crippen LogP contribution in [0.5, 0.6) is 0 Å². The number of hydrogen-bond acceptors (Lipinski definition) is 3. The highest BCUT2D eigenvalue weighted by Gasteiger charge is 2.38. The third-order valence-corrected chi connectivity index (χ3v) is 3.38. The van der Waals surface area contributed by atoms with E-state index >= 15 is 0 Å². The topological polar surface area (TPSA) is 69.6 Å². The van der Waals surface area contributed by atoms with Crippen molar-refractivity contribution in [2.75, 3.05) is 19.6 Å². The molecule has 1 fully saturated rings. The highest BCUT2D eigenvalue weighted by molar-refractivity contribution is 5.86. The highest BCUT2D eigenvalue weighted by atomic mass is 16.4. The van der Waals surface area contributed by atoms with Crippen LogP contribution < -0.4 is 5.32 Å². The Bertz CT molecular complexity index is 326. The molecule has 1 aliphatic rings. The predicted molar refractivity (Wildman–Crippen MR) is 69.2 cm³/mol. The Morgan fingerprint density at radius 3 is 2.67 bits per heavy atom. The highest BCUT2D eigenvalue weighted by Crippen LogP contribution is 2.17. The second-order valence-electron chi connectivity index (χ2n) is 5.97. The van der Waals surface area contributed by atoms with Gasteiger partial charge in [-0.15, -0.1) is 0 Å². The summed E-state index contributed by atoms with van der Waals surface area (Å²) in [6, 6.07) is 0. The minimum atomic E-state index is -0.845. The Kier molecular flexibility index (Phi) is 4.73. The van der Waals surface area contributed by atoms with E-state index in [1.165, 1.54) is 0 Å². The molecule has 1 unspecified atom stereocenters. The second kappa shape index (κ2) is 5.69. The summed E-state index contributed by atoms with van der Waals surface area (Å²) < 4.78 is 0. The maximum absolute atomic E-state index is 12.3. The van der Waals surface area contributed by atoms with Crippen molar-refractivity contribution >= 4 is 11.9 Å². The summed E-state index contributed by atoms with van der Waals surface area (Å²) in [6.45, 7) is 9.08. The van der Waals surface area contributed by atoms with Crippen LogP contribution in [0, 0.1) is 11.8 Å². The first-order valence-corrected chi connectivity index (χ1v) is 6.51. The quantitative estimate of drug-likeness (QED) is 0.785. The Morgan fingerprint density at radius 1 is 1.56 bits per heavy atom. The molecule has 0 bridgehead atoms. The molecule has 2 N–H and O–H groups in total. The van der Waals surface area contributed by atoms with Crippen LogP contribution in [0.25, 0.3) is 0 Å². The number of aliphatic carboxylic acids is 1. The van der Waals surface area contributed by atoms with E-state index in [-0.39, 0.29) is 5.91 Å². The minimum absolute atomic E-state index is 0.00750. The summed E-state index contributed by atoms with van der Waals surface area (Å²) in [5.74, 6) is -0.877. The van der Waals surface area contributed by atoms with Gasteiger partial charge in [-0.05, 0) is 26.2 Å². The number of nitrogens with one attached hydrogen (secondary N) is 1. The van der Waals surface area contributed by atoms with E-state index in [1.807, 2.05) is 13.8 Å². The molecule has 0 aromatic rings. The molecule has 1 rings (SSSR count). The molecular weight excluding hydrogens is 232 g/mol. The van der Waals surface area contributed by atoms with E-state index in [0.29, 0.717) is 25.6 Å². The van der Waals surface area contributed by atoms with E-state index in [9.17, 15) is 9.59 Å². The number of amides is 1. The molecular formula is C13H24N2O3. The zero-order valence-corrected chi connectivity index (χ0v) is 11.7. The fraction of sp³-hybridized carbons (Fsp3) is 0.846. The average Bonchev–Trinajstić information content (AvgIpc) is 2.36. The van der Waals surface area contributed by atoms with Gasteiger partial charge in [-0.25, -0.2) is 0 Å². The molecule has 1 aliphatic heterocycles. The van der Waals surface area contributed by atoms with Crippen molar-refractivity contribution in [1.82, 2.24) is 10.2 Å². The molecule has 0 spiro atoms. The van der Waals surface area contributed by atoms with Gasteiger partial charge in [0.05, 0.1) is 11.5 Å². The number of rotatable bonds is 4. The van der Waals surface area contributed by atoms with Crippen LogP contribution in [-0.2, 0) is 9.59 Å². The monoisotopic (exact) mass is 256 g/mol. The van der Waals surface area contributed by atoms with E-state index in [4.69, 9.17) is 5.11 Å². The van der Waals surface area contributed by atoms with Crippen LogP contribution in [0.15, 0.2) is 0 Å². The van der Waals surface area contributed by atoms with Gasteiger partial charge in [0.25, 0.3) is 0 Å². The first kappa shape index (κ1) is 15.0. The van der Waals surface area contributed by atoms with E-state index in [0.717, 1.165) is 6.42 Å². The minimum Gasteiger partial charge on any atom is -0.481 e. The summed E-state index contributed by atoms with van der Waals surface area (Å²) in [4.78, 5) is 25.1. The lowest BCUT2D eigenvalue weighted by molar-refractivity contribution is -0.142. The maximum Gasteiger partial charge on any atom is 0.309 e. The van der Waals surface area contributed by atoms with Gasteiger partial charge in [-0.3, -0.25) is 9.59 Å². The molecule has 1 heterocycles. The zero-order valence-electron chi connectivity index (χ0n) is 11.7. The largest absolute Gasteiger partial charge is 0.481 e. The predicted octanol–water partition coefficient (Wildman–Crippen LogP) is 0.944. The van der Waals surface area contributed by atoms with Gasteiger partial charge in [0.1, 0.15) is 0 Å². The molecule has 5 heteroatoms. The van der Waals surface area contributed by atoms with E-state index in [1.54, 1.807) is 4.90 Å². The van der Waals surface area contributed by atoms with Crippen molar-refractivity contribution in [3.05, 3.63) is 0 Å². The van der Waals surface area contributed by atoms with Crippen molar-refractivity contribution in [1.29, 1.82) is 0 Å². The van der Waals surface area contributed by atoms with Gasteiger partial charge in [0.15, 0.2) is 0 Å². The lowest BCUT2D eigenvalue weighted by Gasteiger charge is -2.29. The number of carbonyl (C=O) groups is 2. The number of nitrogens with zero attached hydrogens (tertiary/aromatic N) is 1. The van der Waals surface area contributed by atoms with Crippen LogP contribution in [0.1, 0.15) is 34.1 Å². The van der Waals surface area contributed by atoms with Crippen LogP contribution in [0.3, 0.4) is 0 Å². The van der Waals surface area contributed by atoms with Crippen molar-refractivity contribution in [3.63, 3.8) is 0 Å². The Labute approximate surface area is 109 Å². The van der Waals surface area contributed by atoms with Crippen LogP contribution in [0.2, 0.25) is 0 Å². The first-order valence-electron chi connectivity index (χ1n) is 6.51. The summed E-state index contributed by atoms with van der Waals surface area (Å²) >= 11 is 0. The van der Waals surface area contributed by atoms with E-state index in [2.05, 4.69) is 19.2 Å². The SMILES string of the molecule is CC(C)CCN1CC(C(=O)O)CNC(C)(C)C1=O. The molecule has 18 heavy (non-hydrogen) atoms. The standard InChI is InChI=1S/C13H24N2O3/c1-9(2)5-6-15-8-10(11(16)17)7-14-13(3,4)12(15)18/h9-10,14H,5-8H2,1-4H3,(H,16,17). The van der Waals surface area contributed by atoms with Crippen LogP contribution >= 0.6 is 0 Å².